The summed E-state index contributed by atoms with van der Waals surface area (Å²) in [5.41, 5.74) is 2.48. The molecule has 19 heavy (non-hydrogen) atoms. The predicted molar refractivity (Wildman–Crippen MR) is 82.0 cm³/mol. The van der Waals surface area contributed by atoms with Crippen LogP contribution in [0.2, 0.25) is 5.02 Å². The quantitative estimate of drug-likeness (QED) is 0.877. The summed E-state index contributed by atoms with van der Waals surface area (Å²) in [6.45, 7) is 0.942. The smallest absolute Gasteiger partial charge is 0.0642 e. The minimum atomic E-state index is 0.674. The van der Waals surface area contributed by atoms with Gasteiger partial charge in [0.15, 0.2) is 0 Å². The van der Waals surface area contributed by atoms with E-state index in [1.807, 2.05) is 0 Å². The highest BCUT2D eigenvalue weighted by Crippen LogP contribution is 2.32. The van der Waals surface area contributed by atoms with Crippen LogP contribution in [-0.2, 0) is 6.54 Å². The Labute approximate surface area is 121 Å². The summed E-state index contributed by atoms with van der Waals surface area (Å²) < 4.78 is 0. The molecule has 1 aromatic rings. The number of nitrogens with one attached hydrogen (secondary N) is 1. The highest BCUT2D eigenvalue weighted by atomic mass is 35.5. The lowest BCUT2D eigenvalue weighted by molar-refractivity contribution is 0.652. The highest BCUT2D eigenvalue weighted by Gasteiger charge is 2.22. The number of hydrogen-bond acceptors (Lipinski definition) is 2. The lowest BCUT2D eigenvalue weighted by atomic mass is 10.1. The third-order valence-electron chi connectivity index (χ3n) is 4.44. The molecule has 0 radical (unpaired) electrons. The summed E-state index contributed by atoms with van der Waals surface area (Å²) in [4.78, 5) is 2.37. The highest BCUT2D eigenvalue weighted by molar-refractivity contribution is 6.33. The van der Waals surface area contributed by atoms with Crippen molar-refractivity contribution in [3.8, 4) is 0 Å². The molecule has 0 aliphatic heterocycles. The maximum Gasteiger partial charge on any atom is 0.0642 e. The predicted octanol–water partition coefficient (Wildman–Crippen LogP) is 3.97. The summed E-state index contributed by atoms with van der Waals surface area (Å²) in [6, 6.07) is 7.94. The van der Waals surface area contributed by atoms with Gasteiger partial charge in [-0.2, -0.15) is 0 Å². The van der Waals surface area contributed by atoms with Gasteiger partial charge in [0.2, 0.25) is 0 Å². The van der Waals surface area contributed by atoms with Crippen LogP contribution < -0.4 is 10.2 Å². The second-order valence-electron chi connectivity index (χ2n) is 5.99. The molecule has 2 fully saturated rings. The van der Waals surface area contributed by atoms with E-state index in [9.17, 15) is 0 Å². The van der Waals surface area contributed by atoms with Crippen molar-refractivity contribution in [3.05, 3.63) is 28.8 Å². The van der Waals surface area contributed by atoms with Crippen LogP contribution in [0.5, 0.6) is 0 Å². The zero-order valence-corrected chi connectivity index (χ0v) is 12.4. The van der Waals surface area contributed by atoms with E-state index >= 15 is 0 Å². The molecule has 0 unspecified atom stereocenters. The largest absolute Gasteiger partial charge is 0.370 e. The fourth-order valence-electron chi connectivity index (χ4n) is 2.98. The molecule has 2 aliphatic rings. The topological polar surface area (TPSA) is 15.3 Å². The van der Waals surface area contributed by atoms with Crippen molar-refractivity contribution >= 4 is 17.3 Å². The standard InChI is InChI=1S/C16H23ClN2/c1-19(14-4-2-3-5-14)16-9-6-12(10-15(16)17)11-18-13-7-8-13/h6,9-10,13-14,18H,2-5,7-8,11H2,1H3. The Morgan fingerprint density at radius 3 is 2.58 bits per heavy atom. The van der Waals surface area contributed by atoms with Crippen LogP contribution in [0.25, 0.3) is 0 Å². The van der Waals surface area contributed by atoms with Gasteiger partial charge < -0.3 is 10.2 Å². The van der Waals surface area contributed by atoms with E-state index in [4.69, 9.17) is 11.6 Å². The van der Waals surface area contributed by atoms with Gasteiger partial charge in [0.25, 0.3) is 0 Å². The van der Waals surface area contributed by atoms with Gasteiger partial charge in [-0.15, -0.1) is 0 Å². The summed E-state index contributed by atoms with van der Waals surface area (Å²) in [6.07, 6.45) is 7.98. The average Bonchev–Trinajstić information content (AvgIpc) is 3.07. The SMILES string of the molecule is CN(c1ccc(CNC2CC2)cc1Cl)C1CCCC1. The lowest BCUT2D eigenvalue weighted by Gasteiger charge is -2.27. The fraction of sp³-hybridized carbons (Fsp3) is 0.625. The number of halogens is 1. The number of hydrogen-bond donors (Lipinski definition) is 1. The van der Waals surface area contributed by atoms with Crippen LogP contribution in [0.4, 0.5) is 5.69 Å². The zero-order valence-electron chi connectivity index (χ0n) is 11.7. The Hall–Kier alpha value is -0.730. The maximum absolute atomic E-state index is 6.46. The Morgan fingerprint density at radius 1 is 1.21 bits per heavy atom. The lowest BCUT2D eigenvalue weighted by Crippen LogP contribution is -2.29. The molecule has 0 bridgehead atoms. The van der Waals surface area contributed by atoms with Gasteiger partial charge in [-0.1, -0.05) is 30.5 Å². The Balaban J connectivity index is 1.67. The summed E-state index contributed by atoms with van der Waals surface area (Å²) in [7, 11) is 2.18. The molecule has 104 valence electrons. The van der Waals surface area contributed by atoms with Gasteiger partial charge in [0.05, 0.1) is 10.7 Å². The normalized spacial score (nSPS) is 19.9. The van der Waals surface area contributed by atoms with Crippen LogP contribution in [0.1, 0.15) is 44.1 Å². The first-order chi connectivity index (χ1) is 9.24. The van der Waals surface area contributed by atoms with Crippen LogP contribution in [-0.4, -0.2) is 19.1 Å². The van der Waals surface area contributed by atoms with E-state index in [0.717, 1.165) is 17.6 Å². The second-order valence-corrected chi connectivity index (χ2v) is 6.40. The molecule has 0 heterocycles. The Bertz CT molecular complexity index is 436. The van der Waals surface area contributed by atoms with E-state index in [1.54, 1.807) is 0 Å². The van der Waals surface area contributed by atoms with Crippen molar-refractivity contribution in [2.45, 2.75) is 57.2 Å². The molecule has 2 aliphatic carbocycles. The van der Waals surface area contributed by atoms with Crippen LogP contribution in [0.3, 0.4) is 0 Å². The third kappa shape index (κ3) is 3.24. The number of anilines is 1. The second kappa shape index (κ2) is 5.72. The molecular formula is C16H23ClN2. The summed E-state index contributed by atoms with van der Waals surface area (Å²) in [5, 5.41) is 4.42. The third-order valence-corrected chi connectivity index (χ3v) is 4.74. The van der Waals surface area contributed by atoms with Crippen LogP contribution in [0, 0.1) is 0 Å². The summed E-state index contributed by atoms with van der Waals surface area (Å²) >= 11 is 6.46. The molecule has 0 saturated heterocycles. The Kier molecular flexibility index (Phi) is 3.99. The molecule has 0 atom stereocenters. The molecule has 1 N–H and O–H groups in total. The van der Waals surface area contributed by atoms with Crippen molar-refractivity contribution in [1.82, 2.24) is 5.32 Å². The van der Waals surface area contributed by atoms with Crippen LogP contribution in [0.15, 0.2) is 18.2 Å². The van der Waals surface area contributed by atoms with Crippen molar-refractivity contribution in [3.63, 3.8) is 0 Å². The van der Waals surface area contributed by atoms with Gasteiger partial charge >= 0.3 is 0 Å². The molecule has 2 saturated carbocycles. The first kappa shape index (κ1) is 13.3. The van der Waals surface area contributed by atoms with E-state index in [1.165, 1.54) is 49.8 Å². The minimum absolute atomic E-state index is 0.674. The van der Waals surface area contributed by atoms with Crippen molar-refractivity contribution in [2.24, 2.45) is 0 Å². The molecule has 0 amide bonds. The number of rotatable bonds is 5. The molecular weight excluding hydrogens is 256 g/mol. The van der Waals surface area contributed by atoms with E-state index < -0.39 is 0 Å². The van der Waals surface area contributed by atoms with Gasteiger partial charge in [0, 0.05) is 25.7 Å². The van der Waals surface area contributed by atoms with E-state index in [0.29, 0.717) is 6.04 Å². The average molecular weight is 279 g/mol. The first-order valence-corrected chi connectivity index (χ1v) is 7.86. The van der Waals surface area contributed by atoms with Crippen molar-refractivity contribution in [2.75, 3.05) is 11.9 Å². The van der Waals surface area contributed by atoms with Gasteiger partial charge in [-0.05, 0) is 43.4 Å². The fourth-order valence-corrected chi connectivity index (χ4v) is 3.32. The molecule has 3 rings (SSSR count). The van der Waals surface area contributed by atoms with Crippen molar-refractivity contribution < 1.29 is 0 Å². The summed E-state index contributed by atoms with van der Waals surface area (Å²) in [5.74, 6) is 0. The van der Waals surface area contributed by atoms with Gasteiger partial charge in [-0.25, -0.2) is 0 Å². The minimum Gasteiger partial charge on any atom is -0.370 e. The molecule has 1 aromatic carbocycles. The van der Waals surface area contributed by atoms with Gasteiger partial charge in [-0.3, -0.25) is 0 Å². The van der Waals surface area contributed by atoms with Crippen LogP contribution >= 0.6 is 11.6 Å². The molecule has 0 aromatic heterocycles. The molecule has 2 nitrogen and oxygen atoms in total. The zero-order chi connectivity index (χ0) is 13.2. The van der Waals surface area contributed by atoms with Crippen molar-refractivity contribution in [1.29, 1.82) is 0 Å². The maximum atomic E-state index is 6.46. The first-order valence-electron chi connectivity index (χ1n) is 7.48. The monoisotopic (exact) mass is 278 g/mol. The van der Waals surface area contributed by atoms with Gasteiger partial charge in [0.1, 0.15) is 0 Å². The van der Waals surface area contributed by atoms with E-state index in [-0.39, 0.29) is 0 Å². The molecule has 3 heteroatoms. The number of benzene rings is 1. The van der Waals surface area contributed by atoms with E-state index in [2.05, 4.69) is 35.5 Å². The number of nitrogens with zero attached hydrogens (tertiary/aromatic N) is 1. The molecule has 0 spiro atoms. The Morgan fingerprint density at radius 2 is 1.95 bits per heavy atom.